The fraction of sp³-hybridized carbons (Fsp3) is 0.333. The summed E-state index contributed by atoms with van der Waals surface area (Å²) in [6.45, 7) is 1.99. The smallest absolute Gasteiger partial charge is 0.338 e. The van der Waals surface area contributed by atoms with Gasteiger partial charge in [0.2, 0.25) is 0 Å². The maximum atomic E-state index is 12.5. The first-order chi connectivity index (χ1) is 11.8. The summed E-state index contributed by atoms with van der Waals surface area (Å²) in [4.78, 5) is 23.0. The van der Waals surface area contributed by atoms with Crippen molar-refractivity contribution in [2.24, 2.45) is 0 Å². The van der Waals surface area contributed by atoms with Gasteiger partial charge in [-0.15, -0.1) is 0 Å². The number of halogens is 1. The normalized spacial score (nSPS) is 16.9. The number of hydrogen-bond acceptors (Lipinski definition) is 6. The number of esters is 1. The number of non-ortho nitro benzene ring substituents is 1. The lowest BCUT2D eigenvalue weighted by Crippen LogP contribution is -2.45. The zero-order chi connectivity index (χ0) is 18.6. The first kappa shape index (κ1) is 19.1. The van der Waals surface area contributed by atoms with Gasteiger partial charge in [0.25, 0.3) is 5.69 Å². The van der Waals surface area contributed by atoms with Gasteiger partial charge < -0.3 is 20.1 Å². The van der Waals surface area contributed by atoms with E-state index in [4.69, 9.17) is 33.3 Å². The molecule has 1 atom stereocenters. The summed E-state index contributed by atoms with van der Waals surface area (Å²) >= 11 is 11.3. The largest absolute Gasteiger partial charge is 0.460 e. The standard InChI is InChI=1S/C15H16ClN3O5S/c1-8-12(14(20)24-6-5-23-2)13(18-15(25)17-8)10-7-9(19(21)22)3-4-11(10)16/h3-4,7,13H,5-6H2,1-2H3,(H2,17,18,25)/t13-/m1/s1. The zero-order valence-electron chi connectivity index (χ0n) is 13.5. The number of methoxy groups -OCH3 is 1. The number of carbonyl (C=O) groups excluding carboxylic acids is 1. The molecule has 0 saturated heterocycles. The molecular formula is C15H16ClN3O5S. The Bertz CT molecular complexity index is 753. The van der Waals surface area contributed by atoms with Gasteiger partial charge in [-0.25, -0.2) is 4.79 Å². The van der Waals surface area contributed by atoms with Crippen LogP contribution in [0.1, 0.15) is 18.5 Å². The molecule has 0 amide bonds. The maximum Gasteiger partial charge on any atom is 0.338 e. The lowest BCUT2D eigenvalue weighted by Gasteiger charge is -2.30. The minimum Gasteiger partial charge on any atom is -0.460 e. The molecule has 134 valence electrons. The molecule has 0 bridgehead atoms. The number of thiocarbonyl (C=S) groups is 1. The number of nitrogens with one attached hydrogen (secondary N) is 2. The molecule has 0 radical (unpaired) electrons. The molecule has 1 aliphatic heterocycles. The van der Waals surface area contributed by atoms with Crippen LogP contribution in [-0.4, -0.2) is 36.3 Å². The van der Waals surface area contributed by atoms with Crippen LogP contribution in [0.2, 0.25) is 5.02 Å². The molecule has 10 heteroatoms. The lowest BCUT2D eigenvalue weighted by molar-refractivity contribution is -0.384. The van der Waals surface area contributed by atoms with Crippen LogP contribution in [0, 0.1) is 10.1 Å². The molecule has 1 aliphatic rings. The fourth-order valence-corrected chi connectivity index (χ4v) is 2.86. The Labute approximate surface area is 154 Å². The van der Waals surface area contributed by atoms with Crippen molar-refractivity contribution in [3.63, 3.8) is 0 Å². The van der Waals surface area contributed by atoms with Crippen LogP contribution in [0.4, 0.5) is 5.69 Å². The topological polar surface area (TPSA) is 103 Å². The number of ether oxygens (including phenoxy) is 2. The molecular weight excluding hydrogens is 370 g/mol. The van der Waals surface area contributed by atoms with Crippen molar-refractivity contribution in [3.8, 4) is 0 Å². The third-order valence-corrected chi connectivity index (χ3v) is 4.08. The van der Waals surface area contributed by atoms with Crippen LogP contribution in [0.3, 0.4) is 0 Å². The number of nitrogens with zero attached hydrogens (tertiary/aromatic N) is 1. The van der Waals surface area contributed by atoms with E-state index in [-0.39, 0.29) is 34.6 Å². The van der Waals surface area contributed by atoms with Gasteiger partial charge in [-0.3, -0.25) is 10.1 Å². The van der Waals surface area contributed by atoms with E-state index < -0.39 is 16.9 Å². The van der Waals surface area contributed by atoms with E-state index in [0.29, 0.717) is 11.3 Å². The van der Waals surface area contributed by atoms with Crippen molar-refractivity contribution in [1.29, 1.82) is 0 Å². The molecule has 25 heavy (non-hydrogen) atoms. The predicted octanol–water partition coefficient (Wildman–Crippen LogP) is 2.23. The van der Waals surface area contributed by atoms with Gasteiger partial charge in [0.05, 0.1) is 23.1 Å². The Morgan fingerprint density at radius 2 is 2.16 bits per heavy atom. The van der Waals surface area contributed by atoms with Crippen LogP contribution in [0.15, 0.2) is 29.5 Å². The minimum absolute atomic E-state index is 0.0753. The van der Waals surface area contributed by atoms with Gasteiger partial charge in [-0.1, -0.05) is 11.6 Å². The second kappa shape index (κ2) is 8.24. The van der Waals surface area contributed by atoms with Crippen molar-refractivity contribution >= 4 is 40.6 Å². The third kappa shape index (κ3) is 4.44. The fourth-order valence-electron chi connectivity index (χ4n) is 2.36. The average molecular weight is 386 g/mol. The Hall–Kier alpha value is -2.23. The summed E-state index contributed by atoms with van der Waals surface area (Å²) in [5, 5.41) is 17.4. The maximum absolute atomic E-state index is 12.5. The van der Waals surface area contributed by atoms with E-state index in [9.17, 15) is 14.9 Å². The van der Waals surface area contributed by atoms with E-state index in [1.807, 2.05) is 0 Å². The Morgan fingerprint density at radius 3 is 2.80 bits per heavy atom. The summed E-state index contributed by atoms with van der Waals surface area (Å²) in [6.07, 6.45) is 0. The van der Waals surface area contributed by atoms with Crippen molar-refractivity contribution in [2.75, 3.05) is 20.3 Å². The van der Waals surface area contributed by atoms with E-state index in [1.165, 1.54) is 25.3 Å². The highest BCUT2D eigenvalue weighted by molar-refractivity contribution is 7.80. The summed E-state index contributed by atoms with van der Waals surface area (Å²) in [5.41, 5.74) is 0.944. The number of allylic oxidation sites excluding steroid dienone is 1. The Balaban J connectivity index is 2.44. The number of hydrogen-bond donors (Lipinski definition) is 2. The quantitative estimate of drug-likeness (QED) is 0.253. The van der Waals surface area contributed by atoms with Crippen LogP contribution in [0.25, 0.3) is 0 Å². The van der Waals surface area contributed by atoms with Gasteiger partial charge in [-0.05, 0) is 25.2 Å². The van der Waals surface area contributed by atoms with Crippen LogP contribution < -0.4 is 10.6 Å². The monoisotopic (exact) mass is 385 g/mol. The average Bonchev–Trinajstić information content (AvgIpc) is 2.54. The SMILES string of the molecule is COCCOC(=O)C1=C(C)NC(=S)N[C@@H]1c1cc([N+](=O)[O-])ccc1Cl. The first-order valence-corrected chi connectivity index (χ1v) is 8.02. The second-order valence-electron chi connectivity index (χ2n) is 5.16. The van der Waals surface area contributed by atoms with E-state index in [2.05, 4.69) is 10.6 Å². The molecule has 2 rings (SSSR count). The van der Waals surface area contributed by atoms with Crippen molar-refractivity contribution < 1.29 is 19.2 Å². The molecule has 8 nitrogen and oxygen atoms in total. The number of rotatable bonds is 6. The molecule has 0 spiro atoms. The summed E-state index contributed by atoms with van der Waals surface area (Å²) in [7, 11) is 1.49. The molecule has 0 unspecified atom stereocenters. The van der Waals surface area contributed by atoms with Crippen molar-refractivity contribution in [1.82, 2.24) is 10.6 Å². The van der Waals surface area contributed by atoms with Gasteiger partial charge in [0, 0.05) is 35.5 Å². The van der Waals surface area contributed by atoms with E-state index >= 15 is 0 Å². The number of benzene rings is 1. The Morgan fingerprint density at radius 1 is 1.44 bits per heavy atom. The molecule has 0 fully saturated rings. The summed E-state index contributed by atoms with van der Waals surface area (Å²) in [5.74, 6) is -0.593. The molecule has 1 heterocycles. The van der Waals surface area contributed by atoms with Gasteiger partial charge in [-0.2, -0.15) is 0 Å². The van der Waals surface area contributed by atoms with Gasteiger partial charge in [0.1, 0.15) is 6.61 Å². The third-order valence-electron chi connectivity index (χ3n) is 3.51. The minimum atomic E-state index is -0.767. The molecule has 0 saturated carbocycles. The number of nitro benzene ring substituents is 1. The molecule has 2 N–H and O–H groups in total. The highest BCUT2D eigenvalue weighted by atomic mass is 35.5. The van der Waals surface area contributed by atoms with Gasteiger partial charge >= 0.3 is 5.97 Å². The highest BCUT2D eigenvalue weighted by Crippen LogP contribution is 2.34. The predicted molar refractivity (Wildman–Crippen MR) is 95.3 cm³/mol. The first-order valence-electron chi connectivity index (χ1n) is 7.23. The second-order valence-corrected chi connectivity index (χ2v) is 5.98. The highest BCUT2D eigenvalue weighted by Gasteiger charge is 2.33. The summed E-state index contributed by atoms with van der Waals surface area (Å²) < 4.78 is 10.0. The molecule has 1 aromatic rings. The van der Waals surface area contributed by atoms with E-state index in [1.54, 1.807) is 6.92 Å². The van der Waals surface area contributed by atoms with Crippen molar-refractivity contribution in [3.05, 3.63) is 50.2 Å². The zero-order valence-corrected chi connectivity index (χ0v) is 15.1. The van der Waals surface area contributed by atoms with Crippen LogP contribution in [-0.2, 0) is 14.3 Å². The molecule has 0 aromatic heterocycles. The van der Waals surface area contributed by atoms with Crippen LogP contribution >= 0.6 is 23.8 Å². The number of nitro groups is 1. The molecule has 0 aliphatic carbocycles. The lowest BCUT2D eigenvalue weighted by atomic mass is 9.95. The van der Waals surface area contributed by atoms with Crippen molar-refractivity contribution in [2.45, 2.75) is 13.0 Å². The van der Waals surface area contributed by atoms with Gasteiger partial charge in [0.15, 0.2) is 5.11 Å². The molecule has 1 aromatic carbocycles. The van der Waals surface area contributed by atoms with Crippen LogP contribution in [0.5, 0.6) is 0 Å². The summed E-state index contributed by atoms with van der Waals surface area (Å²) in [6, 6.07) is 3.24. The number of carbonyl (C=O) groups is 1. The van der Waals surface area contributed by atoms with E-state index in [0.717, 1.165) is 0 Å². The Kier molecular flexibility index (Phi) is 6.29.